The van der Waals surface area contributed by atoms with E-state index < -0.39 is 39.6 Å². The zero-order valence-electron chi connectivity index (χ0n) is 18.9. The zero-order chi connectivity index (χ0) is 27.0. The van der Waals surface area contributed by atoms with Crippen molar-refractivity contribution in [2.75, 3.05) is 5.75 Å². The largest absolute Gasteiger partial charge is 0.437 e. The highest BCUT2D eigenvalue weighted by Crippen LogP contribution is 2.37. The van der Waals surface area contributed by atoms with Gasteiger partial charge in [-0.05, 0) is 18.2 Å². The molecule has 0 N–H and O–H groups in total. The highest BCUT2D eigenvalue weighted by atomic mass is 32.2. The number of halogens is 5. The Balaban J connectivity index is 1.85. The molecule has 0 radical (unpaired) electrons. The van der Waals surface area contributed by atoms with Gasteiger partial charge >= 0.3 is 12.3 Å². The fourth-order valence-corrected chi connectivity index (χ4v) is 4.45. The first-order valence-corrected chi connectivity index (χ1v) is 12.2. The highest BCUT2D eigenvalue weighted by Gasteiger charge is 2.51. The molecule has 4 rings (SSSR count). The van der Waals surface area contributed by atoms with Crippen molar-refractivity contribution in [3.05, 3.63) is 71.4 Å². The standard InChI is InChI=1S/C23H17F5N4O4S/c1-2-37(34,35)17-10-14(36-18-5-3-4-8-29-18)11-31-20(17)15-9-13-6-7-19(33)32(16(13)12-30-15)22(26)23(27,28)21(24)25/h3-12,21-22H,2H2,1H3. The van der Waals surface area contributed by atoms with E-state index in [1.807, 2.05) is 0 Å². The highest BCUT2D eigenvalue weighted by molar-refractivity contribution is 7.91. The molecule has 0 aromatic carbocycles. The second-order valence-corrected chi connectivity index (χ2v) is 9.92. The molecule has 1 unspecified atom stereocenters. The Kier molecular flexibility index (Phi) is 6.95. The van der Waals surface area contributed by atoms with Crippen molar-refractivity contribution in [1.29, 1.82) is 0 Å². The molecule has 4 aromatic heterocycles. The molecular formula is C23H17F5N4O4S. The van der Waals surface area contributed by atoms with Crippen molar-refractivity contribution in [3.8, 4) is 23.0 Å². The maximum Gasteiger partial charge on any atom is 0.356 e. The SMILES string of the molecule is CCS(=O)(=O)c1cc(Oc2ccccn2)cnc1-c1cc2ccc(=O)n(C(F)C(F)(F)C(F)F)c2cn1. The van der Waals surface area contributed by atoms with Gasteiger partial charge in [0.2, 0.25) is 12.2 Å². The molecule has 0 aliphatic heterocycles. The van der Waals surface area contributed by atoms with Gasteiger partial charge in [0.05, 0.1) is 34.3 Å². The van der Waals surface area contributed by atoms with Crippen LogP contribution in [-0.2, 0) is 9.84 Å². The minimum Gasteiger partial charge on any atom is -0.437 e. The molecule has 37 heavy (non-hydrogen) atoms. The molecular weight excluding hydrogens is 523 g/mol. The average molecular weight is 540 g/mol. The Hall–Kier alpha value is -3.94. The van der Waals surface area contributed by atoms with Crippen LogP contribution in [0.1, 0.15) is 13.2 Å². The molecule has 0 bridgehead atoms. The number of fused-ring (bicyclic) bond motifs is 1. The predicted molar refractivity (Wildman–Crippen MR) is 122 cm³/mol. The number of ether oxygens (including phenoxy) is 1. The molecule has 0 aliphatic rings. The van der Waals surface area contributed by atoms with E-state index in [1.165, 1.54) is 31.5 Å². The summed E-state index contributed by atoms with van der Waals surface area (Å²) < 4.78 is 98.4. The van der Waals surface area contributed by atoms with E-state index in [9.17, 15) is 35.2 Å². The number of sulfone groups is 1. The third-order valence-electron chi connectivity index (χ3n) is 5.30. The van der Waals surface area contributed by atoms with Gasteiger partial charge in [0.15, 0.2) is 9.84 Å². The van der Waals surface area contributed by atoms with Gasteiger partial charge < -0.3 is 4.74 Å². The van der Waals surface area contributed by atoms with Crippen LogP contribution in [0.15, 0.2) is 70.7 Å². The van der Waals surface area contributed by atoms with Crippen LogP contribution in [0.3, 0.4) is 0 Å². The van der Waals surface area contributed by atoms with Crippen LogP contribution in [0.2, 0.25) is 0 Å². The summed E-state index contributed by atoms with van der Waals surface area (Å²) in [5.74, 6) is -5.23. The summed E-state index contributed by atoms with van der Waals surface area (Å²) in [6.45, 7) is 1.41. The molecule has 4 heterocycles. The van der Waals surface area contributed by atoms with Crippen molar-refractivity contribution in [1.82, 2.24) is 19.5 Å². The molecule has 4 aromatic rings. The number of pyridine rings is 4. The Morgan fingerprint density at radius 2 is 1.78 bits per heavy atom. The summed E-state index contributed by atoms with van der Waals surface area (Å²) in [4.78, 5) is 24.0. The summed E-state index contributed by atoms with van der Waals surface area (Å²) in [6.07, 6.45) is -4.55. The van der Waals surface area contributed by atoms with Gasteiger partial charge in [-0.3, -0.25) is 14.3 Å². The van der Waals surface area contributed by atoms with E-state index in [-0.39, 0.29) is 43.6 Å². The van der Waals surface area contributed by atoms with Gasteiger partial charge in [-0.15, -0.1) is 0 Å². The van der Waals surface area contributed by atoms with Gasteiger partial charge in [0, 0.05) is 29.8 Å². The number of hydrogen-bond donors (Lipinski definition) is 0. The lowest BCUT2D eigenvalue weighted by atomic mass is 10.1. The van der Waals surface area contributed by atoms with Crippen molar-refractivity contribution >= 4 is 20.7 Å². The molecule has 0 spiro atoms. The fraction of sp³-hybridized carbons (Fsp3) is 0.217. The van der Waals surface area contributed by atoms with Crippen molar-refractivity contribution < 1.29 is 35.1 Å². The van der Waals surface area contributed by atoms with Crippen molar-refractivity contribution in [2.45, 2.75) is 30.5 Å². The van der Waals surface area contributed by atoms with Gasteiger partial charge in [-0.25, -0.2) is 31.6 Å². The molecule has 0 aliphatic carbocycles. The monoisotopic (exact) mass is 540 g/mol. The van der Waals surface area contributed by atoms with Crippen LogP contribution in [0.25, 0.3) is 22.3 Å². The maximum atomic E-state index is 14.5. The molecule has 14 heteroatoms. The molecule has 0 saturated carbocycles. The number of alkyl halides is 5. The van der Waals surface area contributed by atoms with E-state index >= 15 is 0 Å². The van der Waals surface area contributed by atoms with Crippen molar-refractivity contribution in [2.24, 2.45) is 0 Å². The fourth-order valence-electron chi connectivity index (χ4n) is 3.39. The van der Waals surface area contributed by atoms with Gasteiger partial charge in [-0.1, -0.05) is 13.0 Å². The van der Waals surface area contributed by atoms with E-state index in [2.05, 4.69) is 15.0 Å². The number of rotatable bonds is 8. The normalized spacial score (nSPS) is 13.2. The molecule has 194 valence electrons. The van der Waals surface area contributed by atoms with E-state index in [4.69, 9.17) is 4.74 Å². The summed E-state index contributed by atoms with van der Waals surface area (Å²) in [5.41, 5.74) is -1.99. The minimum atomic E-state index is -5.15. The Bertz CT molecular complexity index is 1620. The van der Waals surface area contributed by atoms with E-state index in [1.54, 1.807) is 18.2 Å². The molecule has 1 atom stereocenters. The third-order valence-corrected chi connectivity index (χ3v) is 7.04. The van der Waals surface area contributed by atoms with E-state index in [0.717, 1.165) is 18.3 Å². The average Bonchev–Trinajstić information content (AvgIpc) is 2.88. The molecule has 0 amide bonds. The van der Waals surface area contributed by atoms with Gasteiger partial charge in [0.25, 0.3) is 5.56 Å². The Morgan fingerprint density at radius 1 is 1.03 bits per heavy atom. The van der Waals surface area contributed by atoms with Gasteiger partial charge in [0.1, 0.15) is 11.4 Å². The number of aromatic nitrogens is 4. The zero-order valence-corrected chi connectivity index (χ0v) is 19.7. The first kappa shape index (κ1) is 26.1. The lowest BCUT2D eigenvalue weighted by Crippen LogP contribution is -2.39. The quantitative estimate of drug-likeness (QED) is 0.296. The maximum absolute atomic E-state index is 14.5. The lowest BCUT2D eigenvalue weighted by Gasteiger charge is -2.22. The molecule has 8 nitrogen and oxygen atoms in total. The lowest BCUT2D eigenvalue weighted by molar-refractivity contribution is -0.191. The summed E-state index contributed by atoms with van der Waals surface area (Å²) >= 11 is 0. The molecule has 0 fully saturated rings. The van der Waals surface area contributed by atoms with Crippen LogP contribution in [0.4, 0.5) is 22.0 Å². The van der Waals surface area contributed by atoms with Gasteiger partial charge in [-0.2, -0.15) is 8.78 Å². The summed E-state index contributed by atoms with van der Waals surface area (Å²) in [7, 11) is -3.90. The third kappa shape index (κ3) is 5.01. The second-order valence-electron chi connectivity index (χ2n) is 7.67. The van der Waals surface area contributed by atoms with Crippen LogP contribution in [-0.4, -0.2) is 46.0 Å². The van der Waals surface area contributed by atoms with E-state index in [0.29, 0.717) is 0 Å². The van der Waals surface area contributed by atoms with Crippen LogP contribution in [0, 0.1) is 0 Å². The van der Waals surface area contributed by atoms with Crippen LogP contribution >= 0.6 is 0 Å². The number of hydrogen-bond acceptors (Lipinski definition) is 7. The Morgan fingerprint density at radius 3 is 2.43 bits per heavy atom. The van der Waals surface area contributed by atoms with Crippen LogP contribution in [0.5, 0.6) is 11.6 Å². The molecule has 0 saturated heterocycles. The topological polar surface area (TPSA) is 104 Å². The Labute approximate surface area is 206 Å². The second kappa shape index (κ2) is 9.84. The summed E-state index contributed by atoms with van der Waals surface area (Å²) in [5, 5.41) is -0.0484. The van der Waals surface area contributed by atoms with Crippen molar-refractivity contribution in [3.63, 3.8) is 0 Å². The summed E-state index contributed by atoms with van der Waals surface area (Å²) in [6, 6.07) is 9.11. The van der Waals surface area contributed by atoms with Crippen LogP contribution < -0.4 is 10.3 Å². The first-order valence-electron chi connectivity index (χ1n) is 10.6. The smallest absolute Gasteiger partial charge is 0.356 e. The first-order chi connectivity index (χ1) is 17.5. The number of nitrogens with zero attached hydrogens (tertiary/aromatic N) is 4. The minimum absolute atomic E-state index is 0.0484. The predicted octanol–water partition coefficient (Wildman–Crippen LogP) is 4.81.